The predicted molar refractivity (Wildman–Crippen MR) is 53.5 cm³/mol. The second kappa shape index (κ2) is 3.58. The van der Waals surface area contributed by atoms with Crippen molar-refractivity contribution in [1.29, 1.82) is 0 Å². The van der Waals surface area contributed by atoms with E-state index in [0.717, 1.165) is 0 Å². The molecular weight excluding hydrogens is 234 g/mol. The van der Waals surface area contributed by atoms with Crippen LogP contribution >= 0.6 is 34.8 Å². The van der Waals surface area contributed by atoms with E-state index in [1.165, 1.54) is 0 Å². The zero-order valence-corrected chi connectivity index (χ0v) is 9.71. The smallest absolute Gasteiger partial charge is 0.216 e. The third-order valence-electron chi connectivity index (χ3n) is 1.86. The molecule has 0 bridgehead atoms. The van der Waals surface area contributed by atoms with Gasteiger partial charge in [-0.2, -0.15) is 0 Å². The lowest BCUT2D eigenvalue weighted by Gasteiger charge is -2.37. The van der Waals surface area contributed by atoms with Crippen molar-refractivity contribution >= 4 is 40.6 Å². The molecule has 0 radical (unpaired) electrons. The number of ether oxygens (including phenoxy) is 1. The average Bonchev–Trinajstić information content (AvgIpc) is 1.79. The highest BCUT2D eigenvalue weighted by Gasteiger charge is 2.43. The fourth-order valence-electron chi connectivity index (χ4n) is 1.40. The first-order chi connectivity index (χ1) is 5.71. The Bertz CT molecular complexity index is 220. The lowest BCUT2D eigenvalue weighted by molar-refractivity contribution is -0.147. The molecule has 1 saturated heterocycles. The summed E-state index contributed by atoms with van der Waals surface area (Å²) in [5.41, 5.74) is -0.524. The third-order valence-corrected chi connectivity index (χ3v) is 2.59. The Balaban J connectivity index is 2.74. The van der Waals surface area contributed by atoms with Gasteiger partial charge in [-0.3, -0.25) is 4.79 Å². The van der Waals surface area contributed by atoms with Crippen LogP contribution in [0.3, 0.4) is 0 Å². The maximum atomic E-state index is 11.3. The van der Waals surface area contributed by atoms with Crippen LogP contribution in [0.15, 0.2) is 0 Å². The summed E-state index contributed by atoms with van der Waals surface area (Å²) in [6.45, 7) is 3.63. The molecule has 1 unspecified atom stereocenters. The molecule has 0 N–H and O–H groups in total. The van der Waals surface area contributed by atoms with Crippen LogP contribution in [0, 0.1) is 0 Å². The number of halogens is 3. The van der Waals surface area contributed by atoms with Crippen LogP contribution in [0.1, 0.15) is 26.7 Å². The van der Waals surface area contributed by atoms with Crippen molar-refractivity contribution in [3.05, 3.63) is 0 Å². The van der Waals surface area contributed by atoms with Gasteiger partial charge in [-0.25, -0.2) is 0 Å². The first kappa shape index (κ1) is 11.6. The molecule has 1 aliphatic rings. The van der Waals surface area contributed by atoms with Crippen molar-refractivity contribution in [3.63, 3.8) is 0 Å². The van der Waals surface area contributed by atoms with E-state index in [-0.39, 0.29) is 12.2 Å². The first-order valence-electron chi connectivity index (χ1n) is 3.97. The molecule has 1 rings (SSSR count). The number of ketones is 1. The lowest BCUT2D eigenvalue weighted by Crippen LogP contribution is -2.45. The molecule has 0 amide bonds. The van der Waals surface area contributed by atoms with Crippen LogP contribution < -0.4 is 0 Å². The van der Waals surface area contributed by atoms with Crippen LogP contribution in [0.5, 0.6) is 0 Å². The number of rotatable bonds is 0. The molecule has 0 aliphatic carbocycles. The van der Waals surface area contributed by atoms with Crippen molar-refractivity contribution in [3.8, 4) is 0 Å². The molecule has 0 aromatic rings. The van der Waals surface area contributed by atoms with Crippen molar-refractivity contribution in [2.75, 3.05) is 0 Å². The van der Waals surface area contributed by atoms with E-state index >= 15 is 0 Å². The maximum Gasteiger partial charge on any atom is 0.216 e. The average molecular weight is 246 g/mol. The minimum Gasteiger partial charge on any atom is -0.367 e. The number of Topliss-reactive ketones (excluding diaryl/α,β-unsaturated/α-hetero) is 1. The molecule has 13 heavy (non-hydrogen) atoms. The lowest BCUT2D eigenvalue weighted by atomic mass is 9.94. The highest BCUT2D eigenvalue weighted by Crippen LogP contribution is 2.39. The summed E-state index contributed by atoms with van der Waals surface area (Å²) in [4.78, 5) is 11.3. The number of hydrogen-bond donors (Lipinski definition) is 0. The Kier molecular flexibility index (Phi) is 3.18. The van der Waals surface area contributed by atoms with E-state index < -0.39 is 15.5 Å². The molecule has 0 aromatic heterocycles. The molecule has 76 valence electrons. The van der Waals surface area contributed by atoms with E-state index in [9.17, 15) is 4.79 Å². The van der Waals surface area contributed by atoms with Gasteiger partial charge in [0.15, 0.2) is 0 Å². The van der Waals surface area contributed by atoms with Gasteiger partial charge in [0.25, 0.3) is 0 Å². The van der Waals surface area contributed by atoms with Gasteiger partial charge in [-0.15, -0.1) is 0 Å². The molecule has 1 aliphatic heterocycles. The second-order valence-electron chi connectivity index (χ2n) is 3.83. The van der Waals surface area contributed by atoms with Crippen molar-refractivity contribution in [1.82, 2.24) is 0 Å². The molecule has 1 fully saturated rings. The van der Waals surface area contributed by atoms with Gasteiger partial charge in [0.05, 0.1) is 5.60 Å². The van der Waals surface area contributed by atoms with Crippen LogP contribution in [0.25, 0.3) is 0 Å². The molecule has 1 atom stereocenters. The number of hydrogen-bond acceptors (Lipinski definition) is 2. The highest BCUT2D eigenvalue weighted by atomic mass is 35.6. The quantitative estimate of drug-likeness (QED) is 0.614. The van der Waals surface area contributed by atoms with Crippen LogP contribution in [-0.2, 0) is 9.53 Å². The largest absolute Gasteiger partial charge is 0.367 e. The summed E-state index contributed by atoms with van der Waals surface area (Å²) in [6, 6.07) is 0. The van der Waals surface area contributed by atoms with Gasteiger partial charge in [0.1, 0.15) is 11.9 Å². The zero-order valence-electron chi connectivity index (χ0n) is 7.44. The van der Waals surface area contributed by atoms with Gasteiger partial charge < -0.3 is 4.74 Å². The normalized spacial score (nSPS) is 29.0. The second-order valence-corrected chi connectivity index (χ2v) is 6.20. The van der Waals surface area contributed by atoms with Crippen molar-refractivity contribution in [2.45, 2.75) is 42.2 Å². The third kappa shape index (κ3) is 3.28. The van der Waals surface area contributed by atoms with Gasteiger partial charge >= 0.3 is 0 Å². The molecule has 0 spiro atoms. The van der Waals surface area contributed by atoms with Crippen LogP contribution in [0.2, 0.25) is 0 Å². The Morgan fingerprint density at radius 2 is 2.00 bits per heavy atom. The van der Waals surface area contributed by atoms with Crippen LogP contribution in [-0.4, -0.2) is 21.3 Å². The Morgan fingerprint density at radius 3 is 2.38 bits per heavy atom. The Morgan fingerprint density at radius 1 is 1.46 bits per heavy atom. The Labute approximate surface area is 92.5 Å². The number of carbonyl (C=O) groups excluding carboxylic acids is 1. The summed E-state index contributed by atoms with van der Waals surface area (Å²) in [7, 11) is 0. The van der Waals surface area contributed by atoms with E-state index in [4.69, 9.17) is 39.5 Å². The SMILES string of the molecule is CC1(C)CC(=O)CC(C(Cl)(Cl)Cl)O1. The summed E-state index contributed by atoms with van der Waals surface area (Å²) < 4.78 is 3.97. The molecule has 0 saturated carbocycles. The standard InChI is InChI=1S/C8H11Cl3O2/c1-7(2)4-5(12)3-6(13-7)8(9,10)11/h6H,3-4H2,1-2H3. The molecule has 0 aromatic carbocycles. The topological polar surface area (TPSA) is 26.3 Å². The van der Waals surface area contributed by atoms with Crippen molar-refractivity contribution < 1.29 is 9.53 Å². The van der Waals surface area contributed by atoms with Gasteiger partial charge in [-0.1, -0.05) is 34.8 Å². The zero-order chi connectivity index (χ0) is 10.3. The minimum atomic E-state index is -1.52. The van der Waals surface area contributed by atoms with Gasteiger partial charge in [0, 0.05) is 12.8 Å². The number of carbonyl (C=O) groups is 1. The van der Waals surface area contributed by atoms with Crippen molar-refractivity contribution in [2.24, 2.45) is 0 Å². The summed E-state index contributed by atoms with van der Waals surface area (Å²) in [6.07, 6.45) is -0.0711. The highest BCUT2D eigenvalue weighted by molar-refractivity contribution is 6.68. The molecule has 5 heteroatoms. The van der Waals surface area contributed by atoms with Crippen LogP contribution in [0.4, 0.5) is 0 Å². The van der Waals surface area contributed by atoms with E-state index in [1.54, 1.807) is 0 Å². The van der Waals surface area contributed by atoms with E-state index in [1.807, 2.05) is 13.8 Å². The molecule has 1 heterocycles. The van der Waals surface area contributed by atoms with Gasteiger partial charge in [0.2, 0.25) is 3.79 Å². The molecular formula is C8H11Cl3O2. The predicted octanol–water partition coefficient (Wildman–Crippen LogP) is 2.88. The maximum absolute atomic E-state index is 11.3. The fourth-order valence-corrected chi connectivity index (χ4v) is 1.77. The minimum absolute atomic E-state index is 0.0765. The van der Waals surface area contributed by atoms with E-state index in [2.05, 4.69) is 0 Å². The fraction of sp³-hybridized carbons (Fsp3) is 0.875. The molecule has 2 nitrogen and oxygen atoms in total. The number of alkyl halides is 3. The monoisotopic (exact) mass is 244 g/mol. The van der Waals surface area contributed by atoms with E-state index in [0.29, 0.717) is 6.42 Å². The Hall–Kier alpha value is 0.500. The first-order valence-corrected chi connectivity index (χ1v) is 5.10. The summed E-state index contributed by atoms with van der Waals surface area (Å²) in [5, 5.41) is 0. The summed E-state index contributed by atoms with van der Waals surface area (Å²) >= 11 is 17.0. The summed E-state index contributed by atoms with van der Waals surface area (Å²) in [5.74, 6) is 0.0765. The van der Waals surface area contributed by atoms with Gasteiger partial charge in [-0.05, 0) is 13.8 Å².